The van der Waals surface area contributed by atoms with Gasteiger partial charge in [-0.2, -0.15) is 0 Å². The molecular formula is C10H13BF3O3S-. The number of rotatable bonds is 5. The van der Waals surface area contributed by atoms with Gasteiger partial charge in [0.2, 0.25) is 0 Å². The zero-order valence-corrected chi connectivity index (χ0v) is 10.8. The van der Waals surface area contributed by atoms with Crippen LogP contribution in [0.25, 0.3) is 0 Å². The molecular weight excluding hydrogens is 268 g/mol. The highest BCUT2D eigenvalue weighted by molar-refractivity contribution is 7.90. The van der Waals surface area contributed by atoms with Crippen LogP contribution in [0.1, 0.15) is 5.56 Å². The highest BCUT2D eigenvalue weighted by Gasteiger charge is 2.25. The second-order valence-electron chi connectivity index (χ2n) is 4.08. The van der Waals surface area contributed by atoms with Crippen molar-refractivity contribution in [2.24, 2.45) is 0 Å². The summed E-state index contributed by atoms with van der Waals surface area (Å²) < 4.78 is 64.2. The molecule has 0 radical (unpaired) electrons. The summed E-state index contributed by atoms with van der Waals surface area (Å²) in [5, 5.41) is 0. The Kier molecular flexibility index (Phi) is 4.31. The summed E-state index contributed by atoms with van der Waals surface area (Å²) >= 11 is 0. The normalized spacial score (nSPS) is 12.5. The summed E-state index contributed by atoms with van der Waals surface area (Å²) in [4.78, 5) is 0. The summed E-state index contributed by atoms with van der Waals surface area (Å²) in [6.07, 6.45) is 1.07. The Balaban J connectivity index is 2.75. The Morgan fingerprint density at radius 3 is 2.33 bits per heavy atom. The third-order valence-electron chi connectivity index (χ3n) is 2.29. The van der Waals surface area contributed by atoms with Gasteiger partial charge in [0, 0.05) is 6.26 Å². The Hall–Kier alpha value is -1.18. The molecule has 3 nitrogen and oxygen atoms in total. The minimum Gasteiger partial charge on any atom is -0.492 e. The van der Waals surface area contributed by atoms with E-state index in [1.807, 2.05) is 0 Å². The second kappa shape index (κ2) is 5.21. The molecule has 0 amide bonds. The summed E-state index contributed by atoms with van der Waals surface area (Å²) in [5.74, 6) is 0.0969. The summed E-state index contributed by atoms with van der Waals surface area (Å²) in [6.45, 7) is -3.61. The first-order chi connectivity index (χ1) is 8.09. The van der Waals surface area contributed by atoms with Crippen molar-refractivity contribution in [3.05, 3.63) is 23.8 Å². The highest BCUT2D eigenvalue weighted by atomic mass is 32.2. The van der Waals surface area contributed by atoms with Crippen LogP contribution in [-0.4, -0.2) is 34.0 Å². The van der Waals surface area contributed by atoms with E-state index in [-0.39, 0.29) is 18.1 Å². The van der Waals surface area contributed by atoms with E-state index in [1.165, 1.54) is 13.0 Å². The number of ether oxygens (including phenoxy) is 1. The Morgan fingerprint density at radius 2 is 1.89 bits per heavy atom. The van der Waals surface area contributed by atoms with Crippen LogP contribution in [0.15, 0.2) is 18.2 Å². The van der Waals surface area contributed by atoms with Crippen LogP contribution < -0.4 is 10.2 Å². The topological polar surface area (TPSA) is 43.4 Å². The molecule has 0 N–H and O–H groups in total. The zero-order valence-electron chi connectivity index (χ0n) is 9.99. The van der Waals surface area contributed by atoms with Crippen LogP contribution in [0, 0.1) is 6.92 Å². The summed E-state index contributed by atoms with van der Waals surface area (Å²) in [7, 11) is -3.14. The average Bonchev–Trinajstić information content (AvgIpc) is 2.17. The SMILES string of the molecule is Cc1cc([B-](F)(F)F)ccc1OCCS(C)(=O)=O. The molecule has 0 aliphatic carbocycles. The lowest BCUT2D eigenvalue weighted by molar-refractivity contribution is 0.339. The van der Waals surface area contributed by atoms with Crippen molar-refractivity contribution < 1.29 is 26.1 Å². The van der Waals surface area contributed by atoms with Gasteiger partial charge in [0.1, 0.15) is 12.4 Å². The molecule has 0 unspecified atom stereocenters. The third-order valence-corrected chi connectivity index (χ3v) is 3.20. The van der Waals surface area contributed by atoms with E-state index in [0.717, 1.165) is 18.4 Å². The molecule has 8 heteroatoms. The van der Waals surface area contributed by atoms with Gasteiger partial charge in [-0.05, 0) is 18.6 Å². The second-order valence-corrected chi connectivity index (χ2v) is 6.34. The van der Waals surface area contributed by atoms with Gasteiger partial charge in [0.05, 0.1) is 5.75 Å². The number of halogens is 3. The summed E-state index contributed by atoms with van der Waals surface area (Å²) in [6, 6.07) is 3.14. The van der Waals surface area contributed by atoms with E-state index >= 15 is 0 Å². The van der Waals surface area contributed by atoms with Gasteiger partial charge in [-0.15, -0.1) is 5.46 Å². The molecule has 1 rings (SSSR count). The lowest BCUT2D eigenvalue weighted by atomic mass is 9.79. The largest absolute Gasteiger partial charge is 0.509 e. The van der Waals surface area contributed by atoms with Crippen molar-refractivity contribution >= 4 is 22.3 Å². The third kappa shape index (κ3) is 4.60. The van der Waals surface area contributed by atoms with E-state index in [1.54, 1.807) is 0 Å². The minimum atomic E-state index is -5.03. The molecule has 0 aliphatic rings. The maximum atomic E-state index is 12.5. The van der Waals surface area contributed by atoms with Gasteiger partial charge in [0.25, 0.3) is 0 Å². The Morgan fingerprint density at radius 1 is 1.28 bits per heavy atom. The molecule has 1 aromatic carbocycles. The van der Waals surface area contributed by atoms with Crippen LogP contribution in [0.4, 0.5) is 12.9 Å². The van der Waals surface area contributed by atoms with Crippen LogP contribution in [-0.2, 0) is 9.84 Å². The number of aryl methyl sites for hydroxylation is 1. The fourth-order valence-corrected chi connectivity index (χ4v) is 1.73. The van der Waals surface area contributed by atoms with Crippen molar-refractivity contribution in [3.63, 3.8) is 0 Å². The number of hydrogen-bond acceptors (Lipinski definition) is 3. The van der Waals surface area contributed by atoms with Crippen LogP contribution in [0.2, 0.25) is 0 Å². The minimum absolute atomic E-state index is 0.0732. The Labute approximate surface area is 104 Å². The molecule has 0 aliphatic heterocycles. The van der Waals surface area contributed by atoms with Crippen LogP contribution in [0.3, 0.4) is 0 Å². The molecule has 1 aromatic rings. The van der Waals surface area contributed by atoms with Crippen molar-refractivity contribution in [1.29, 1.82) is 0 Å². The van der Waals surface area contributed by atoms with Crippen molar-refractivity contribution in [2.45, 2.75) is 6.92 Å². The maximum absolute atomic E-state index is 12.5. The van der Waals surface area contributed by atoms with E-state index < -0.39 is 22.3 Å². The number of sulfone groups is 1. The van der Waals surface area contributed by atoms with Crippen molar-refractivity contribution in [2.75, 3.05) is 18.6 Å². The molecule has 0 fully saturated rings. The molecule has 102 valence electrons. The van der Waals surface area contributed by atoms with Gasteiger partial charge < -0.3 is 17.7 Å². The molecule has 18 heavy (non-hydrogen) atoms. The average molecular weight is 281 g/mol. The van der Waals surface area contributed by atoms with Crippen LogP contribution >= 0.6 is 0 Å². The zero-order chi connectivity index (χ0) is 14.0. The number of hydrogen-bond donors (Lipinski definition) is 0. The molecule has 0 saturated heterocycles. The molecule has 0 heterocycles. The molecule has 0 bridgehead atoms. The van der Waals surface area contributed by atoms with Crippen molar-refractivity contribution in [3.8, 4) is 5.75 Å². The predicted octanol–water partition coefficient (Wildman–Crippen LogP) is 1.47. The number of benzene rings is 1. The smallest absolute Gasteiger partial charge is 0.492 e. The van der Waals surface area contributed by atoms with E-state index in [2.05, 4.69) is 0 Å². The van der Waals surface area contributed by atoms with Gasteiger partial charge in [-0.25, -0.2) is 8.42 Å². The van der Waals surface area contributed by atoms with Gasteiger partial charge in [0.15, 0.2) is 9.84 Å². The van der Waals surface area contributed by atoms with E-state index in [9.17, 15) is 21.4 Å². The van der Waals surface area contributed by atoms with Crippen LogP contribution in [0.5, 0.6) is 5.75 Å². The molecule has 0 atom stereocenters. The Bertz CT molecular complexity index is 526. The fraction of sp³-hybridized carbons (Fsp3) is 0.400. The molecule has 0 spiro atoms. The highest BCUT2D eigenvalue weighted by Crippen LogP contribution is 2.18. The lowest BCUT2D eigenvalue weighted by Crippen LogP contribution is -2.34. The van der Waals surface area contributed by atoms with E-state index in [4.69, 9.17) is 4.74 Å². The maximum Gasteiger partial charge on any atom is 0.509 e. The molecule has 0 aromatic heterocycles. The first-order valence-corrected chi connectivity index (χ1v) is 7.26. The summed E-state index contributed by atoms with van der Waals surface area (Å²) in [5.41, 5.74) is -0.358. The van der Waals surface area contributed by atoms with Gasteiger partial charge in [-0.1, -0.05) is 12.1 Å². The quantitative estimate of drug-likeness (QED) is 0.768. The van der Waals surface area contributed by atoms with Gasteiger partial charge in [-0.3, -0.25) is 0 Å². The predicted molar refractivity (Wildman–Crippen MR) is 65.1 cm³/mol. The standard InChI is InChI=1S/C10H13BF3O3S/c1-8-7-9(11(12,13)14)3-4-10(8)17-5-6-18(2,15)16/h3-4,7H,5-6H2,1-2H3/q-1. The van der Waals surface area contributed by atoms with Crippen molar-refractivity contribution in [1.82, 2.24) is 0 Å². The first-order valence-electron chi connectivity index (χ1n) is 5.20. The fourth-order valence-electron chi connectivity index (χ4n) is 1.34. The van der Waals surface area contributed by atoms with E-state index in [0.29, 0.717) is 5.56 Å². The van der Waals surface area contributed by atoms with Gasteiger partial charge >= 0.3 is 6.98 Å². The molecule has 0 saturated carbocycles. The monoisotopic (exact) mass is 281 g/mol. The lowest BCUT2D eigenvalue weighted by Gasteiger charge is -2.17. The first kappa shape index (κ1) is 14.9.